The third-order valence-electron chi connectivity index (χ3n) is 18.0. The zero-order chi connectivity index (χ0) is 88.5. The minimum atomic E-state index is -2.36. The minimum absolute atomic E-state index is 0.0266. The number of carbonyl (C=O) groups excluding carboxylic acids is 12. The van der Waals surface area contributed by atoms with Crippen LogP contribution in [0.4, 0.5) is 0 Å². The number of nitrogens with two attached hydrogens (primary N) is 1. The average Bonchev–Trinajstić information content (AvgIpc) is 0.831. The summed E-state index contributed by atoms with van der Waals surface area (Å²) >= 11 is 0. The summed E-state index contributed by atoms with van der Waals surface area (Å²) in [6.45, 7) is -0.951. The molecule has 0 aromatic heterocycles. The van der Waals surface area contributed by atoms with Crippen molar-refractivity contribution in [3.05, 3.63) is 179 Å². The SMILES string of the molecule is N=C(N)NCCC[C@@H]1NC(=O)[C@H](CCCCNC(=O)[C@H](CC(=O)O)NC(=O)[C@H](CC(=O)O)NC(=O)[C@H](CC(=O)O)NC(=O)[C@H](CC(=O)O)NC(=O)[C@H](CC(=O)O)NC(=O)CCSSCCC(=O)NCc2ccc(C(=C(c3ccccc3)c3ccccc3)c3ccccc3)cc2)NC(=O)[C@H](Cc2ccccc2)NC(=O)[C@H](CC(=O)O)NC(=O)CNC1=O. The van der Waals surface area contributed by atoms with Crippen LogP contribution in [0.1, 0.15) is 117 Å². The van der Waals surface area contributed by atoms with E-state index >= 15 is 0 Å². The van der Waals surface area contributed by atoms with Gasteiger partial charge in [-0.05, 0) is 76.6 Å². The van der Waals surface area contributed by atoms with Crippen LogP contribution in [0.3, 0.4) is 0 Å². The van der Waals surface area contributed by atoms with E-state index in [9.17, 15) is 117 Å². The number of nitrogens with one attached hydrogen (secondary N) is 14. The van der Waals surface area contributed by atoms with Crippen molar-refractivity contribution in [2.75, 3.05) is 31.1 Å². The van der Waals surface area contributed by atoms with Gasteiger partial charge in [-0.2, -0.15) is 0 Å². The lowest BCUT2D eigenvalue weighted by atomic mass is 9.85. The summed E-state index contributed by atoms with van der Waals surface area (Å²) in [5.74, 6) is -24.2. The molecule has 1 saturated heterocycles. The van der Waals surface area contributed by atoms with Gasteiger partial charge in [-0.15, -0.1) is 0 Å². The third kappa shape index (κ3) is 34.8. The second-order valence-electron chi connectivity index (χ2n) is 27.4. The van der Waals surface area contributed by atoms with Crippen molar-refractivity contribution >= 4 is 145 Å². The molecule has 1 aliphatic heterocycles. The van der Waals surface area contributed by atoms with Gasteiger partial charge >= 0.3 is 35.8 Å². The van der Waals surface area contributed by atoms with Crippen LogP contribution in [-0.4, -0.2) is 229 Å². The zero-order valence-corrected chi connectivity index (χ0v) is 66.8. The van der Waals surface area contributed by atoms with Crippen molar-refractivity contribution in [3.63, 3.8) is 0 Å². The Kier molecular flexibility index (Phi) is 39.8. The number of rotatable bonds is 46. The first-order valence-electron chi connectivity index (χ1n) is 37.9. The predicted octanol–water partition coefficient (Wildman–Crippen LogP) is -0.395. The predicted molar refractivity (Wildman–Crippen MR) is 437 cm³/mol. The molecule has 12 amide bonds. The van der Waals surface area contributed by atoms with Gasteiger partial charge in [0.25, 0.3) is 0 Å². The van der Waals surface area contributed by atoms with Crippen molar-refractivity contribution < 1.29 is 117 Å². The largest absolute Gasteiger partial charge is 0.481 e. The Labute approximate surface area is 700 Å². The van der Waals surface area contributed by atoms with Crippen LogP contribution in [0.15, 0.2) is 146 Å². The van der Waals surface area contributed by atoms with Gasteiger partial charge in [0.2, 0.25) is 70.9 Å². The maximum Gasteiger partial charge on any atom is 0.305 e. The molecule has 1 fully saturated rings. The maximum atomic E-state index is 14.3. The molecule has 0 radical (unpaired) electrons. The second-order valence-corrected chi connectivity index (χ2v) is 30.1. The van der Waals surface area contributed by atoms with Crippen molar-refractivity contribution in [2.45, 2.75) is 151 Å². The van der Waals surface area contributed by atoms with E-state index in [0.717, 1.165) is 39.0 Å². The summed E-state index contributed by atoms with van der Waals surface area (Å²) in [5.41, 5.74) is 12.8. The van der Waals surface area contributed by atoms with Gasteiger partial charge in [-0.1, -0.05) is 167 Å². The van der Waals surface area contributed by atoms with Gasteiger partial charge in [0.05, 0.1) is 45.1 Å². The molecule has 0 unspecified atom stereocenters. The highest BCUT2D eigenvalue weighted by Gasteiger charge is 2.38. The van der Waals surface area contributed by atoms with Crippen LogP contribution in [0, 0.1) is 5.41 Å². The number of unbranched alkanes of at least 4 members (excludes halogenated alkanes) is 1. The number of carbonyl (C=O) groups is 18. The highest BCUT2D eigenvalue weighted by atomic mass is 33.1. The Morgan fingerprint density at radius 3 is 1.20 bits per heavy atom. The molecule has 1 aliphatic rings. The van der Waals surface area contributed by atoms with Gasteiger partial charge in [-0.3, -0.25) is 91.7 Å². The number of carboxylic acids is 6. The molecule has 5 aromatic carbocycles. The summed E-state index contributed by atoms with van der Waals surface area (Å²) in [6, 6.07) is 28.8. The molecule has 0 saturated carbocycles. The lowest BCUT2D eigenvalue weighted by Crippen LogP contribution is -2.60. The summed E-state index contributed by atoms with van der Waals surface area (Å²) in [4.78, 5) is 236. The monoisotopic (exact) mass is 1710 g/mol. The molecule has 41 heteroatoms. The molecule has 39 nitrogen and oxygen atoms in total. The molecule has 0 spiro atoms. The molecular weight excluding hydrogens is 1620 g/mol. The molecule has 22 N–H and O–H groups in total. The zero-order valence-electron chi connectivity index (χ0n) is 65.1. The number of benzene rings is 5. The number of carboxylic acid groups (broad SMARTS) is 6. The maximum absolute atomic E-state index is 14.3. The lowest BCUT2D eigenvalue weighted by molar-refractivity contribution is -0.145. The first-order chi connectivity index (χ1) is 57.7. The molecule has 6 rings (SSSR count). The minimum Gasteiger partial charge on any atom is -0.481 e. The summed E-state index contributed by atoms with van der Waals surface area (Å²) in [6.07, 6.45) is -8.49. The third-order valence-corrected chi connectivity index (χ3v) is 20.4. The quantitative estimate of drug-likeness (QED) is 0.00775. The fourth-order valence-corrected chi connectivity index (χ4v) is 14.1. The second kappa shape index (κ2) is 50.1. The number of hydrogen-bond donors (Lipinski definition) is 21. The highest BCUT2D eigenvalue weighted by molar-refractivity contribution is 8.76. The smallest absolute Gasteiger partial charge is 0.305 e. The normalized spacial score (nSPS) is 16.0. The Bertz CT molecular complexity index is 4510. The summed E-state index contributed by atoms with van der Waals surface area (Å²) < 4.78 is 0. The molecule has 0 bridgehead atoms. The Balaban J connectivity index is 1.03. The standard InChI is InChI=1S/C80H95N15O24S2/c81-80(82)84-33-15-25-51-71(111)86-44-62(98)88-56(39-65(103)104)76(116)91-53(36-45-16-5-1-6-17-45)74(114)90-52(73(113)89-51)24-13-14-32-83-72(112)54(37-63(99)100)92-77(117)57(40-66(105)106)94-79(119)59(42-68(109)110)95-78(118)58(41-67(107)108)93-75(115)55(38-64(101)102)87-61(97)31-35-121-120-34-30-60(96)85-43-46-26-28-50(29-27-46)70(49-22-11-4-12-23-49)69(47-18-7-2-8-19-47)48-20-9-3-10-21-48/h1-12,16-23,26-29,51-59H,13-15,24-25,30-44H2,(H,83,112)(H,85,96)(H,86,111)(H,87,97)(H,88,98)(H,89,113)(H,90,114)(H,91,116)(H,92,117)(H,93,115)(H,94,119)(H,95,118)(H,99,100)(H,101,102)(H,103,104)(H,105,106)(H,107,108)(H,109,110)(H4,81,82,84)/t51-,52-,53-,54-,55-,56-,57-,58-,59-/m0/s1. The van der Waals surface area contributed by atoms with Crippen molar-refractivity contribution in [1.29, 1.82) is 5.41 Å². The highest BCUT2D eigenvalue weighted by Crippen LogP contribution is 2.37. The van der Waals surface area contributed by atoms with Crippen LogP contribution in [0.25, 0.3) is 11.1 Å². The van der Waals surface area contributed by atoms with Crippen molar-refractivity contribution in [2.24, 2.45) is 5.73 Å². The Hall–Kier alpha value is -13.7. The number of amides is 12. The summed E-state index contributed by atoms with van der Waals surface area (Å²) in [7, 11) is 2.41. The average molecular weight is 1710 g/mol. The Morgan fingerprint density at radius 2 is 0.760 bits per heavy atom. The lowest BCUT2D eigenvalue weighted by Gasteiger charge is -2.26. The van der Waals surface area contributed by atoms with E-state index in [-0.39, 0.29) is 76.1 Å². The van der Waals surface area contributed by atoms with Crippen LogP contribution in [0.5, 0.6) is 0 Å². The first-order valence-corrected chi connectivity index (χ1v) is 40.4. The van der Waals surface area contributed by atoms with Gasteiger partial charge in [0.1, 0.15) is 54.4 Å². The van der Waals surface area contributed by atoms with E-state index in [2.05, 4.69) is 84.2 Å². The van der Waals surface area contributed by atoms with Gasteiger partial charge in [0, 0.05) is 50.4 Å². The number of hydrogen-bond acceptors (Lipinski definition) is 21. The molecule has 9 atom stereocenters. The van der Waals surface area contributed by atoms with Crippen LogP contribution in [0.2, 0.25) is 0 Å². The molecule has 121 heavy (non-hydrogen) atoms. The molecule has 0 aliphatic carbocycles. The van der Waals surface area contributed by atoms with E-state index < -0.39 is 213 Å². The fourth-order valence-electron chi connectivity index (χ4n) is 12.1. The van der Waals surface area contributed by atoms with Crippen molar-refractivity contribution in [1.82, 2.24) is 69.1 Å². The summed E-state index contributed by atoms with van der Waals surface area (Å²) in [5, 5.41) is 95.8. The van der Waals surface area contributed by atoms with Crippen LogP contribution >= 0.6 is 21.6 Å². The topological polar surface area (TPSA) is 635 Å². The first kappa shape index (κ1) is 96.1. The van der Waals surface area contributed by atoms with Crippen molar-refractivity contribution in [3.8, 4) is 0 Å². The Morgan fingerprint density at radius 1 is 0.388 bits per heavy atom. The van der Waals surface area contributed by atoms with Crippen LogP contribution in [-0.2, 0) is 99.3 Å². The number of aliphatic carboxylic acids is 6. The number of guanidine groups is 1. The van der Waals surface area contributed by atoms with Crippen LogP contribution < -0.4 is 74.9 Å². The molecule has 5 aromatic rings. The van der Waals surface area contributed by atoms with E-state index in [1.54, 1.807) is 30.3 Å². The van der Waals surface area contributed by atoms with E-state index in [0.29, 0.717) is 11.3 Å². The van der Waals surface area contributed by atoms with Gasteiger partial charge in [0.15, 0.2) is 5.96 Å². The van der Waals surface area contributed by atoms with E-state index in [1.807, 2.05) is 100 Å². The van der Waals surface area contributed by atoms with E-state index in [4.69, 9.17) is 11.1 Å². The molecule has 1 heterocycles. The van der Waals surface area contributed by atoms with E-state index in [1.165, 1.54) is 21.6 Å². The molecule has 646 valence electrons. The molecular formula is C80H95N15O24S2. The van der Waals surface area contributed by atoms with Gasteiger partial charge < -0.3 is 105 Å². The fraction of sp³-hybridized carbons (Fsp3) is 0.362. The van der Waals surface area contributed by atoms with Gasteiger partial charge in [-0.25, -0.2) is 0 Å².